The van der Waals surface area contributed by atoms with Gasteiger partial charge in [0.2, 0.25) is 0 Å². The number of halogens is 1. The second-order valence-corrected chi connectivity index (χ2v) is 8.03. The van der Waals surface area contributed by atoms with E-state index in [1.165, 1.54) is 13.8 Å². The Morgan fingerprint density at radius 3 is 2.26 bits per heavy atom. The van der Waals surface area contributed by atoms with E-state index in [1.54, 1.807) is 6.92 Å². The number of hydrogen-bond donors (Lipinski definition) is 1. The predicted octanol–water partition coefficient (Wildman–Crippen LogP) is 0.576. The van der Waals surface area contributed by atoms with Crippen LogP contribution in [0.1, 0.15) is 26.3 Å². The van der Waals surface area contributed by atoms with Gasteiger partial charge >= 0.3 is 5.69 Å². The standard InChI is InChI=1S/C11H17ClN2O4S/c1-5-7-8(12)13-10(16)14(9(7)15)6-11(2,3)19(4,17)18/h5-6H2,1-4H3,(H,13,16). The van der Waals surface area contributed by atoms with Crippen molar-refractivity contribution in [2.24, 2.45) is 0 Å². The molecule has 1 aromatic heterocycles. The predicted molar refractivity (Wildman–Crippen MR) is 74.6 cm³/mol. The number of sulfone groups is 1. The molecule has 6 nitrogen and oxygen atoms in total. The molecule has 0 aliphatic carbocycles. The van der Waals surface area contributed by atoms with E-state index in [2.05, 4.69) is 4.98 Å². The van der Waals surface area contributed by atoms with E-state index in [1.807, 2.05) is 0 Å². The summed E-state index contributed by atoms with van der Waals surface area (Å²) in [4.78, 5) is 26.2. The molecule has 8 heteroatoms. The van der Waals surface area contributed by atoms with E-state index in [0.29, 0.717) is 6.42 Å². The minimum atomic E-state index is -3.41. The maximum Gasteiger partial charge on any atom is 0.329 e. The van der Waals surface area contributed by atoms with Crippen LogP contribution in [0.25, 0.3) is 0 Å². The number of rotatable bonds is 4. The normalized spacial score (nSPS) is 12.7. The van der Waals surface area contributed by atoms with Crippen LogP contribution >= 0.6 is 11.6 Å². The molecule has 19 heavy (non-hydrogen) atoms. The highest BCUT2D eigenvalue weighted by Crippen LogP contribution is 2.16. The fourth-order valence-electron chi connectivity index (χ4n) is 1.53. The van der Waals surface area contributed by atoms with Gasteiger partial charge in [0.25, 0.3) is 5.56 Å². The summed E-state index contributed by atoms with van der Waals surface area (Å²) in [6, 6.07) is 0. The number of aromatic amines is 1. The lowest BCUT2D eigenvalue weighted by Crippen LogP contribution is -2.46. The Labute approximate surface area is 116 Å². The van der Waals surface area contributed by atoms with Crippen LogP contribution < -0.4 is 11.2 Å². The van der Waals surface area contributed by atoms with Gasteiger partial charge in [0.15, 0.2) is 9.84 Å². The molecule has 1 aromatic rings. The quantitative estimate of drug-likeness (QED) is 0.824. The zero-order chi connectivity index (χ0) is 15.0. The first-order valence-electron chi connectivity index (χ1n) is 5.72. The van der Waals surface area contributed by atoms with Crippen molar-refractivity contribution in [1.29, 1.82) is 0 Å². The van der Waals surface area contributed by atoms with Crippen LogP contribution in [-0.2, 0) is 22.8 Å². The van der Waals surface area contributed by atoms with Crippen molar-refractivity contribution < 1.29 is 8.42 Å². The minimum Gasteiger partial charge on any atom is -0.297 e. The van der Waals surface area contributed by atoms with Crippen LogP contribution in [0.5, 0.6) is 0 Å². The summed E-state index contributed by atoms with van der Waals surface area (Å²) >= 11 is 5.78. The van der Waals surface area contributed by atoms with Crippen LogP contribution in [-0.4, -0.2) is 29.0 Å². The van der Waals surface area contributed by atoms with E-state index in [0.717, 1.165) is 10.8 Å². The van der Waals surface area contributed by atoms with E-state index >= 15 is 0 Å². The third-order valence-electron chi connectivity index (χ3n) is 3.13. The summed E-state index contributed by atoms with van der Waals surface area (Å²) in [5, 5.41) is 0.00547. The molecule has 0 aromatic carbocycles. The van der Waals surface area contributed by atoms with Crippen LogP contribution in [0.2, 0.25) is 5.15 Å². The van der Waals surface area contributed by atoms with Crippen LogP contribution in [0.4, 0.5) is 0 Å². The lowest BCUT2D eigenvalue weighted by Gasteiger charge is -2.23. The minimum absolute atomic E-state index is 0.00547. The largest absolute Gasteiger partial charge is 0.329 e. The molecule has 0 radical (unpaired) electrons. The van der Waals surface area contributed by atoms with Gasteiger partial charge in [-0.1, -0.05) is 18.5 Å². The maximum atomic E-state index is 12.1. The molecule has 0 saturated heterocycles. The highest BCUT2D eigenvalue weighted by molar-refractivity contribution is 7.92. The molecule has 0 amide bonds. The molecule has 0 saturated carbocycles. The highest BCUT2D eigenvalue weighted by Gasteiger charge is 2.32. The summed E-state index contributed by atoms with van der Waals surface area (Å²) in [7, 11) is -3.41. The molecule has 0 aliphatic rings. The Morgan fingerprint density at radius 1 is 1.32 bits per heavy atom. The SMILES string of the molecule is CCc1c(Cl)[nH]c(=O)n(CC(C)(C)S(C)(=O)=O)c1=O. The Hall–Kier alpha value is -1.08. The number of hydrogen-bond acceptors (Lipinski definition) is 4. The van der Waals surface area contributed by atoms with Crippen molar-refractivity contribution >= 4 is 21.4 Å². The van der Waals surface area contributed by atoms with Gasteiger partial charge in [-0.05, 0) is 20.3 Å². The second kappa shape index (κ2) is 5.13. The van der Waals surface area contributed by atoms with Crippen molar-refractivity contribution in [2.75, 3.05) is 6.26 Å². The molecular weight excluding hydrogens is 292 g/mol. The topological polar surface area (TPSA) is 89.0 Å². The lowest BCUT2D eigenvalue weighted by atomic mass is 10.2. The smallest absolute Gasteiger partial charge is 0.297 e. The molecule has 0 spiro atoms. The molecule has 0 fully saturated rings. The molecule has 1 rings (SSSR count). The van der Waals surface area contributed by atoms with Gasteiger partial charge in [-0.3, -0.25) is 14.3 Å². The second-order valence-electron chi connectivity index (χ2n) is 5.00. The monoisotopic (exact) mass is 308 g/mol. The highest BCUT2D eigenvalue weighted by atomic mass is 35.5. The Bertz CT molecular complexity index is 700. The molecule has 108 valence electrons. The number of H-pyrrole nitrogens is 1. The molecule has 0 bridgehead atoms. The van der Waals surface area contributed by atoms with Crippen LogP contribution in [0, 0.1) is 0 Å². The zero-order valence-corrected chi connectivity index (χ0v) is 12.9. The van der Waals surface area contributed by atoms with Crippen molar-refractivity contribution in [3.8, 4) is 0 Å². The first-order valence-corrected chi connectivity index (χ1v) is 7.99. The fourth-order valence-corrected chi connectivity index (χ4v) is 2.19. The van der Waals surface area contributed by atoms with Gasteiger partial charge in [-0.2, -0.15) is 0 Å². The van der Waals surface area contributed by atoms with Crippen molar-refractivity contribution in [1.82, 2.24) is 9.55 Å². The average Bonchev–Trinajstić information content (AvgIpc) is 2.23. The summed E-state index contributed by atoms with van der Waals surface area (Å²) in [6.45, 7) is 4.44. The summed E-state index contributed by atoms with van der Waals surface area (Å²) in [5.41, 5.74) is -0.984. The van der Waals surface area contributed by atoms with E-state index in [9.17, 15) is 18.0 Å². The molecule has 1 heterocycles. The van der Waals surface area contributed by atoms with Gasteiger partial charge in [-0.25, -0.2) is 13.2 Å². The summed E-state index contributed by atoms with van der Waals surface area (Å²) in [5.74, 6) is 0. The molecular formula is C11H17ClN2O4S. The maximum absolute atomic E-state index is 12.1. The van der Waals surface area contributed by atoms with Crippen LogP contribution in [0.3, 0.4) is 0 Å². The first kappa shape index (κ1) is 16.0. The van der Waals surface area contributed by atoms with Gasteiger partial charge < -0.3 is 0 Å². The number of nitrogens with one attached hydrogen (secondary N) is 1. The van der Waals surface area contributed by atoms with Gasteiger partial charge in [0.05, 0.1) is 10.3 Å². The average molecular weight is 309 g/mol. The van der Waals surface area contributed by atoms with Gasteiger partial charge in [0, 0.05) is 12.8 Å². The van der Waals surface area contributed by atoms with Gasteiger partial charge in [-0.15, -0.1) is 0 Å². The zero-order valence-electron chi connectivity index (χ0n) is 11.3. The molecule has 0 atom stereocenters. The van der Waals surface area contributed by atoms with E-state index in [-0.39, 0.29) is 17.3 Å². The van der Waals surface area contributed by atoms with Crippen molar-refractivity contribution in [2.45, 2.75) is 38.5 Å². The number of aromatic nitrogens is 2. The molecule has 0 aliphatic heterocycles. The van der Waals surface area contributed by atoms with E-state index < -0.39 is 25.8 Å². The van der Waals surface area contributed by atoms with Crippen LogP contribution in [0.15, 0.2) is 9.59 Å². The van der Waals surface area contributed by atoms with Gasteiger partial charge in [0.1, 0.15) is 5.15 Å². The first-order chi connectivity index (χ1) is 8.51. The molecule has 1 N–H and O–H groups in total. The Balaban J connectivity index is 3.47. The fraction of sp³-hybridized carbons (Fsp3) is 0.636. The Kier molecular flexibility index (Phi) is 4.31. The van der Waals surface area contributed by atoms with Crippen molar-refractivity contribution in [3.63, 3.8) is 0 Å². The molecule has 0 unspecified atom stereocenters. The lowest BCUT2D eigenvalue weighted by molar-refractivity contribution is 0.482. The summed E-state index contributed by atoms with van der Waals surface area (Å²) < 4.78 is 23.0. The number of nitrogens with zero attached hydrogens (tertiary/aromatic N) is 1. The third-order valence-corrected chi connectivity index (χ3v) is 5.59. The van der Waals surface area contributed by atoms with Crippen molar-refractivity contribution in [3.05, 3.63) is 31.6 Å². The van der Waals surface area contributed by atoms with E-state index in [4.69, 9.17) is 11.6 Å². The Morgan fingerprint density at radius 2 is 1.84 bits per heavy atom. The summed E-state index contributed by atoms with van der Waals surface area (Å²) in [6.07, 6.45) is 1.43. The third kappa shape index (κ3) is 3.09.